The van der Waals surface area contributed by atoms with Gasteiger partial charge in [0.25, 0.3) is 0 Å². The zero-order valence-corrected chi connectivity index (χ0v) is 13.1. The van der Waals surface area contributed by atoms with Crippen LogP contribution in [0.25, 0.3) is 0 Å². The van der Waals surface area contributed by atoms with Crippen LogP contribution in [-0.2, 0) is 21.5 Å². The Morgan fingerprint density at radius 1 is 1.43 bits per heavy atom. The first-order valence-corrected chi connectivity index (χ1v) is 7.70. The Balaban J connectivity index is 1.74. The number of nitrogens with zero attached hydrogens (tertiary/aromatic N) is 2. The molecule has 0 radical (unpaired) electrons. The summed E-state index contributed by atoms with van der Waals surface area (Å²) >= 11 is 0. The van der Waals surface area contributed by atoms with Gasteiger partial charge in [-0.15, -0.1) is 0 Å². The van der Waals surface area contributed by atoms with Gasteiger partial charge in [-0.25, -0.2) is 0 Å². The topological polar surface area (TPSA) is 76.4 Å². The lowest BCUT2D eigenvalue weighted by atomic mass is 9.62. The van der Waals surface area contributed by atoms with Crippen LogP contribution in [0.5, 0.6) is 0 Å². The van der Waals surface area contributed by atoms with Crippen LogP contribution in [0.15, 0.2) is 42.7 Å². The molecule has 1 amide bonds. The van der Waals surface area contributed by atoms with Gasteiger partial charge in [-0.2, -0.15) is 5.10 Å². The van der Waals surface area contributed by atoms with Crippen molar-refractivity contribution in [1.29, 1.82) is 0 Å². The van der Waals surface area contributed by atoms with E-state index in [1.54, 1.807) is 24.2 Å². The number of nitrogens with one attached hydrogen (secondary N) is 1. The minimum absolute atomic E-state index is 0.0970. The molecule has 6 heteroatoms. The monoisotopic (exact) mass is 315 g/mol. The highest BCUT2D eigenvalue weighted by molar-refractivity contribution is 6.00. The summed E-state index contributed by atoms with van der Waals surface area (Å²) in [7, 11) is 1.64. The molecule has 3 rings (SSSR count). The number of aliphatic hydroxyl groups is 1. The molecule has 1 aliphatic rings. The van der Waals surface area contributed by atoms with E-state index >= 15 is 0 Å². The summed E-state index contributed by atoms with van der Waals surface area (Å²) in [5.74, 6) is -0.0970. The van der Waals surface area contributed by atoms with Crippen molar-refractivity contribution in [3.8, 4) is 0 Å². The van der Waals surface area contributed by atoms with Gasteiger partial charge >= 0.3 is 0 Å². The van der Waals surface area contributed by atoms with Gasteiger partial charge < -0.3 is 15.2 Å². The maximum absolute atomic E-state index is 12.8. The van der Waals surface area contributed by atoms with E-state index in [1.165, 1.54) is 0 Å². The van der Waals surface area contributed by atoms with E-state index in [9.17, 15) is 9.90 Å². The minimum atomic E-state index is -0.657. The molecule has 1 saturated carbocycles. The summed E-state index contributed by atoms with van der Waals surface area (Å²) in [6, 6.07) is 9.63. The van der Waals surface area contributed by atoms with Crippen molar-refractivity contribution in [3.63, 3.8) is 0 Å². The Bertz CT molecular complexity index is 663. The molecule has 0 bridgehead atoms. The molecule has 1 heterocycles. The number of benzene rings is 1. The normalized spacial score (nSPS) is 23.3. The van der Waals surface area contributed by atoms with E-state index in [0.717, 1.165) is 5.56 Å². The second-order valence-electron chi connectivity index (χ2n) is 5.95. The molecule has 0 spiro atoms. The SMILES string of the molecule is COCCn1cc(NC(=O)C2(c3ccccc3)CC(O)C2)cn1. The van der Waals surface area contributed by atoms with Gasteiger partial charge in [0.1, 0.15) is 0 Å². The quantitative estimate of drug-likeness (QED) is 0.848. The predicted molar refractivity (Wildman–Crippen MR) is 86.1 cm³/mol. The molecule has 0 aliphatic heterocycles. The smallest absolute Gasteiger partial charge is 0.235 e. The Morgan fingerprint density at radius 3 is 2.83 bits per heavy atom. The van der Waals surface area contributed by atoms with Crippen LogP contribution in [-0.4, -0.2) is 40.6 Å². The third-order valence-electron chi connectivity index (χ3n) is 4.34. The van der Waals surface area contributed by atoms with Crippen LogP contribution in [0.1, 0.15) is 18.4 Å². The molecule has 0 saturated heterocycles. The number of methoxy groups -OCH3 is 1. The number of carbonyl (C=O) groups excluding carboxylic acids is 1. The summed E-state index contributed by atoms with van der Waals surface area (Å²) in [4.78, 5) is 12.8. The lowest BCUT2D eigenvalue weighted by Gasteiger charge is -2.44. The number of amides is 1. The maximum Gasteiger partial charge on any atom is 0.235 e. The molecule has 2 aromatic rings. The number of hydrogen-bond donors (Lipinski definition) is 2. The first kappa shape index (κ1) is 15.7. The molecule has 1 fully saturated rings. The Labute approximate surface area is 135 Å². The number of aliphatic hydroxyl groups excluding tert-OH is 1. The standard InChI is InChI=1S/C17H21N3O3/c1-23-8-7-20-12-14(11-18-20)19-16(22)17(9-15(21)10-17)13-5-3-2-4-6-13/h2-6,11-12,15,21H,7-10H2,1H3,(H,19,22). The van der Waals surface area contributed by atoms with Crippen LogP contribution < -0.4 is 5.32 Å². The van der Waals surface area contributed by atoms with Crippen molar-refractivity contribution in [2.24, 2.45) is 0 Å². The second-order valence-corrected chi connectivity index (χ2v) is 5.95. The highest BCUT2D eigenvalue weighted by Gasteiger charge is 2.50. The average Bonchev–Trinajstić information content (AvgIpc) is 2.97. The van der Waals surface area contributed by atoms with E-state index in [0.29, 0.717) is 31.7 Å². The lowest BCUT2D eigenvalue weighted by Crippen LogP contribution is -2.53. The van der Waals surface area contributed by atoms with Crippen LogP contribution in [0.3, 0.4) is 0 Å². The third kappa shape index (κ3) is 3.13. The molecular weight excluding hydrogens is 294 g/mol. The molecule has 23 heavy (non-hydrogen) atoms. The van der Waals surface area contributed by atoms with Gasteiger partial charge in [0.2, 0.25) is 5.91 Å². The molecule has 122 valence electrons. The molecule has 1 aromatic heterocycles. The van der Waals surface area contributed by atoms with E-state index in [4.69, 9.17) is 4.74 Å². The van der Waals surface area contributed by atoms with Crippen molar-refractivity contribution in [2.45, 2.75) is 30.9 Å². The first-order valence-electron chi connectivity index (χ1n) is 7.70. The van der Waals surface area contributed by atoms with Crippen LogP contribution in [0.4, 0.5) is 5.69 Å². The number of aromatic nitrogens is 2. The number of carbonyl (C=O) groups is 1. The highest BCUT2D eigenvalue weighted by atomic mass is 16.5. The molecule has 1 aliphatic carbocycles. The molecule has 2 N–H and O–H groups in total. The fourth-order valence-electron chi connectivity index (χ4n) is 3.04. The molecule has 0 unspecified atom stereocenters. The summed E-state index contributed by atoms with van der Waals surface area (Å²) in [6.45, 7) is 1.20. The number of rotatable bonds is 6. The lowest BCUT2D eigenvalue weighted by molar-refractivity contribution is -0.129. The van der Waals surface area contributed by atoms with Gasteiger partial charge in [0.05, 0.1) is 36.6 Å². The number of ether oxygens (including phenoxy) is 1. The van der Waals surface area contributed by atoms with Gasteiger partial charge in [-0.3, -0.25) is 9.48 Å². The molecule has 0 atom stereocenters. The number of hydrogen-bond acceptors (Lipinski definition) is 4. The summed E-state index contributed by atoms with van der Waals surface area (Å²) in [6.07, 6.45) is 3.87. The predicted octanol–water partition coefficient (Wildman–Crippen LogP) is 1.56. The number of anilines is 1. The minimum Gasteiger partial charge on any atom is -0.393 e. The Kier molecular flexibility index (Phi) is 4.45. The van der Waals surface area contributed by atoms with Crippen molar-refractivity contribution in [1.82, 2.24) is 9.78 Å². The zero-order valence-electron chi connectivity index (χ0n) is 13.1. The fraction of sp³-hybridized carbons (Fsp3) is 0.412. The van der Waals surface area contributed by atoms with E-state index in [1.807, 2.05) is 30.3 Å². The largest absolute Gasteiger partial charge is 0.393 e. The van der Waals surface area contributed by atoms with Gasteiger partial charge in [0.15, 0.2) is 0 Å². The van der Waals surface area contributed by atoms with Gasteiger partial charge in [-0.05, 0) is 18.4 Å². The van der Waals surface area contributed by atoms with E-state index < -0.39 is 11.5 Å². The Morgan fingerprint density at radius 2 is 2.17 bits per heavy atom. The van der Waals surface area contributed by atoms with Crippen LogP contribution in [0, 0.1) is 0 Å². The first-order chi connectivity index (χ1) is 11.1. The molecule has 6 nitrogen and oxygen atoms in total. The van der Waals surface area contributed by atoms with Crippen molar-refractivity contribution in [3.05, 3.63) is 48.3 Å². The fourth-order valence-corrected chi connectivity index (χ4v) is 3.04. The van der Waals surface area contributed by atoms with Gasteiger partial charge in [0, 0.05) is 13.3 Å². The molecule has 1 aromatic carbocycles. The Hall–Kier alpha value is -2.18. The average molecular weight is 315 g/mol. The summed E-state index contributed by atoms with van der Waals surface area (Å²) in [5.41, 5.74) is 0.937. The zero-order chi connectivity index (χ0) is 16.3. The summed E-state index contributed by atoms with van der Waals surface area (Å²) in [5, 5.41) is 16.9. The van der Waals surface area contributed by atoms with Crippen molar-refractivity contribution < 1.29 is 14.6 Å². The maximum atomic E-state index is 12.8. The molecular formula is C17H21N3O3. The van der Waals surface area contributed by atoms with Gasteiger partial charge in [-0.1, -0.05) is 30.3 Å². The third-order valence-corrected chi connectivity index (χ3v) is 4.34. The van der Waals surface area contributed by atoms with Crippen molar-refractivity contribution in [2.75, 3.05) is 19.0 Å². The van der Waals surface area contributed by atoms with Crippen molar-refractivity contribution >= 4 is 11.6 Å². The van der Waals surface area contributed by atoms with E-state index in [-0.39, 0.29) is 5.91 Å². The van der Waals surface area contributed by atoms with Crippen LogP contribution in [0.2, 0.25) is 0 Å². The van der Waals surface area contributed by atoms with E-state index in [2.05, 4.69) is 10.4 Å². The second kappa shape index (κ2) is 6.52. The van der Waals surface area contributed by atoms with Crippen LogP contribution >= 0.6 is 0 Å². The highest BCUT2D eigenvalue weighted by Crippen LogP contribution is 2.44. The summed E-state index contributed by atoms with van der Waals surface area (Å²) < 4.78 is 6.74.